The fraction of sp³-hybridized carbons (Fsp3) is 0.947. The van der Waals surface area contributed by atoms with E-state index < -0.39 is 10.8 Å². The van der Waals surface area contributed by atoms with E-state index in [2.05, 4.69) is 27.4 Å². The normalized spacial score (nSPS) is 23.7. The van der Waals surface area contributed by atoms with Gasteiger partial charge in [-0.1, -0.05) is 0 Å². The molecule has 160 valence electrons. The number of halogens is 1. The van der Waals surface area contributed by atoms with E-state index in [0.717, 1.165) is 57.6 Å². The third-order valence-corrected chi connectivity index (χ3v) is 6.96. The first-order valence-corrected chi connectivity index (χ1v) is 11.4. The van der Waals surface area contributed by atoms with Crippen molar-refractivity contribution in [3.05, 3.63) is 0 Å². The third-order valence-electron chi connectivity index (χ3n) is 5.04. The highest BCUT2D eigenvalue weighted by atomic mass is 127. The summed E-state index contributed by atoms with van der Waals surface area (Å²) >= 11 is 0. The highest BCUT2D eigenvalue weighted by Crippen LogP contribution is 2.17. The molecule has 0 aromatic heterocycles. The van der Waals surface area contributed by atoms with Gasteiger partial charge in [-0.2, -0.15) is 0 Å². The van der Waals surface area contributed by atoms with Gasteiger partial charge >= 0.3 is 0 Å². The summed E-state index contributed by atoms with van der Waals surface area (Å²) in [5.41, 5.74) is 0. The molecule has 2 heterocycles. The second-order valence-electron chi connectivity index (χ2n) is 8.37. The first-order valence-electron chi connectivity index (χ1n) is 10.1. The largest absolute Gasteiger partial charge is 0.381 e. The fourth-order valence-corrected chi connectivity index (χ4v) is 4.28. The molecule has 2 atom stereocenters. The average Bonchev–Trinajstić information content (AvgIpc) is 3.09. The molecule has 2 unspecified atom stereocenters. The molecule has 2 aliphatic heterocycles. The van der Waals surface area contributed by atoms with E-state index in [1.54, 1.807) is 0 Å². The predicted octanol–water partition coefficient (Wildman–Crippen LogP) is 2.21. The van der Waals surface area contributed by atoms with Crippen LogP contribution < -0.4 is 10.6 Å². The van der Waals surface area contributed by atoms with Crippen molar-refractivity contribution in [1.29, 1.82) is 0 Å². The predicted molar refractivity (Wildman–Crippen MR) is 126 cm³/mol. The molecule has 0 radical (unpaired) electrons. The molecule has 6 nitrogen and oxygen atoms in total. The van der Waals surface area contributed by atoms with Gasteiger partial charge in [0.25, 0.3) is 0 Å². The van der Waals surface area contributed by atoms with Crippen molar-refractivity contribution < 1.29 is 8.95 Å². The van der Waals surface area contributed by atoms with Crippen molar-refractivity contribution in [2.24, 2.45) is 10.9 Å². The number of likely N-dealkylation sites (tertiary alicyclic amines) is 1. The van der Waals surface area contributed by atoms with Gasteiger partial charge in [-0.3, -0.25) is 9.20 Å². The van der Waals surface area contributed by atoms with Crippen LogP contribution in [0.15, 0.2) is 4.99 Å². The van der Waals surface area contributed by atoms with Crippen LogP contribution in [0.2, 0.25) is 0 Å². The number of guanidine groups is 1. The van der Waals surface area contributed by atoms with Gasteiger partial charge in [-0.05, 0) is 52.9 Å². The first-order chi connectivity index (χ1) is 12.4. The molecule has 0 spiro atoms. The van der Waals surface area contributed by atoms with Crippen LogP contribution in [-0.4, -0.2) is 77.5 Å². The minimum Gasteiger partial charge on any atom is -0.381 e. The van der Waals surface area contributed by atoms with Crippen LogP contribution >= 0.6 is 24.0 Å². The number of nitrogens with one attached hydrogen (secondary N) is 2. The van der Waals surface area contributed by atoms with E-state index in [-0.39, 0.29) is 28.7 Å². The van der Waals surface area contributed by atoms with Gasteiger partial charge in [0.05, 0.1) is 13.2 Å². The zero-order valence-corrected chi connectivity index (χ0v) is 20.6. The van der Waals surface area contributed by atoms with Crippen LogP contribution in [0.4, 0.5) is 0 Å². The fourth-order valence-electron chi connectivity index (χ4n) is 3.41. The van der Waals surface area contributed by atoms with Crippen LogP contribution in [0.5, 0.6) is 0 Å². The van der Waals surface area contributed by atoms with Crippen LogP contribution in [0.3, 0.4) is 0 Å². The summed E-state index contributed by atoms with van der Waals surface area (Å²) in [7, 11) is -0.851. The van der Waals surface area contributed by atoms with Crippen LogP contribution in [-0.2, 0) is 15.5 Å². The summed E-state index contributed by atoms with van der Waals surface area (Å²) < 4.78 is 17.5. The Morgan fingerprint density at radius 2 is 1.96 bits per heavy atom. The van der Waals surface area contributed by atoms with Crippen molar-refractivity contribution in [3.63, 3.8) is 0 Å². The van der Waals surface area contributed by atoms with Gasteiger partial charge in [0.15, 0.2) is 5.96 Å². The molecule has 2 aliphatic rings. The standard InChI is InChI=1S/C19H38N4O2S.HI/c1-5-20-18(21-9-13-26(24)19(2,3)4)22-17-6-10-23(11-7-17)14-16-8-12-25-15-16;/h16-17H,5-15H2,1-4H3,(H2,20,21,22);1H. The third kappa shape index (κ3) is 9.41. The van der Waals surface area contributed by atoms with Gasteiger partial charge in [0.2, 0.25) is 0 Å². The van der Waals surface area contributed by atoms with E-state index in [9.17, 15) is 4.21 Å². The Hall–Kier alpha value is 0.0700. The molecule has 2 fully saturated rings. The van der Waals surface area contributed by atoms with Crippen LogP contribution in [0.25, 0.3) is 0 Å². The van der Waals surface area contributed by atoms with Gasteiger partial charge < -0.3 is 20.3 Å². The zero-order chi connectivity index (χ0) is 19.0. The molecule has 2 saturated heterocycles. The SMILES string of the molecule is CCNC(=NCCS(=O)C(C)(C)C)NC1CCN(CC2CCOC2)CC1.I. The molecule has 2 rings (SSSR count). The number of piperidine rings is 1. The summed E-state index contributed by atoms with van der Waals surface area (Å²) in [5.74, 6) is 2.20. The molecule has 2 N–H and O–H groups in total. The van der Waals surface area contributed by atoms with E-state index in [0.29, 0.717) is 18.3 Å². The topological polar surface area (TPSA) is 66.0 Å². The summed E-state index contributed by atoms with van der Waals surface area (Å²) in [6, 6.07) is 0.469. The summed E-state index contributed by atoms with van der Waals surface area (Å²) in [4.78, 5) is 7.21. The Kier molecular flexibility index (Phi) is 11.7. The Balaban J connectivity index is 0.00000364. The van der Waals surface area contributed by atoms with E-state index in [1.165, 1.54) is 13.0 Å². The van der Waals surface area contributed by atoms with Crippen molar-refractivity contribution in [1.82, 2.24) is 15.5 Å². The monoisotopic (exact) mass is 514 g/mol. The Morgan fingerprint density at radius 1 is 1.26 bits per heavy atom. The lowest BCUT2D eigenvalue weighted by atomic mass is 10.0. The average molecular weight is 515 g/mol. The molecule has 8 heteroatoms. The number of rotatable bonds is 7. The van der Waals surface area contributed by atoms with Gasteiger partial charge in [-0.15, -0.1) is 24.0 Å². The molecule has 0 aromatic carbocycles. The molecule has 0 aromatic rings. The van der Waals surface area contributed by atoms with Crippen molar-refractivity contribution in [2.75, 3.05) is 51.7 Å². The number of aliphatic imine (C=N–C) groups is 1. The molecule has 0 amide bonds. The highest BCUT2D eigenvalue weighted by molar-refractivity contribution is 14.0. The van der Waals surface area contributed by atoms with E-state index >= 15 is 0 Å². The maximum Gasteiger partial charge on any atom is 0.191 e. The highest BCUT2D eigenvalue weighted by Gasteiger charge is 2.24. The van der Waals surface area contributed by atoms with Gasteiger partial charge in [-0.25, -0.2) is 0 Å². The minimum absolute atomic E-state index is 0. The molecule has 0 bridgehead atoms. The second kappa shape index (κ2) is 12.6. The Morgan fingerprint density at radius 3 is 2.52 bits per heavy atom. The first kappa shape index (κ1) is 25.1. The molecule has 0 saturated carbocycles. The van der Waals surface area contributed by atoms with E-state index in [1.807, 2.05) is 20.8 Å². The zero-order valence-electron chi connectivity index (χ0n) is 17.5. The van der Waals surface area contributed by atoms with Gasteiger partial charge in [0, 0.05) is 60.1 Å². The van der Waals surface area contributed by atoms with Crippen molar-refractivity contribution >= 4 is 40.7 Å². The van der Waals surface area contributed by atoms with E-state index in [4.69, 9.17) is 4.74 Å². The lowest BCUT2D eigenvalue weighted by Gasteiger charge is -2.34. The lowest BCUT2D eigenvalue weighted by Crippen LogP contribution is -2.49. The number of ether oxygens (including phenoxy) is 1. The van der Waals surface area contributed by atoms with Crippen LogP contribution in [0.1, 0.15) is 47.0 Å². The Labute approximate surface area is 185 Å². The minimum atomic E-state index is -0.851. The lowest BCUT2D eigenvalue weighted by molar-refractivity contribution is 0.150. The maximum absolute atomic E-state index is 12.2. The molecular formula is C19H39IN4O2S. The quantitative estimate of drug-likeness (QED) is 0.310. The van der Waals surface area contributed by atoms with Crippen LogP contribution in [0, 0.1) is 5.92 Å². The molecular weight excluding hydrogens is 475 g/mol. The summed E-state index contributed by atoms with van der Waals surface area (Å²) in [6.45, 7) is 14.9. The molecule has 0 aliphatic carbocycles. The van der Waals surface area contributed by atoms with Crippen molar-refractivity contribution in [2.45, 2.75) is 57.7 Å². The molecule has 27 heavy (non-hydrogen) atoms. The maximum atomic E-state index is 12.2. The summed E-state index contributed by atoms with van der Waals surface area (Å²) in [5, 5.41) is 6.89. The van der Waals surface area contributed by atoms with Crippen molar-refractivity contribution in [3.8, 4) is 0 Å². The number of hydrogen-bond acceptors (Lipinski definition) is 4. The summed E-state index contributed by atoms with van der Waals surface area (Å²) in [6.07, 6.45) is 3.50. The number of nitrogens with zero attached hydrogens (tertiary/aromatic N) is 2. The number of hydrogen-bond donors (Lipinski definition) is 2. The Bertz CT molecular complexity index is 471. The smallest absolute Gasteiger partial charge is 0.191 e. The second-order valence-corrected chi connectivity index (χ2v) is 10.7. The van der Waals surface area contributed by atoms with Gasteiger partial charge in [0.1, 0.15) is 0 Å².